The van der Waals surface area contributed by atoms with E-state index in [2.05, 4.69) is 0 Å². The second kappa shape index (κ2) is 7.43. The number of esters is 2. The maximum absolute atomic E-state index is 11.9. The number of hydrogen-bond donors (Lipinski definition) is 0. The van der Waals surface area contributed by atoms with Crippen molar-refractivity contribution in [1.82, 2.24) is 0 Å². The van der Waals surface area contributed by atoms with Gasteiger partial charge < -0.3 is 14.2 Å². The first-order valence-corrected chi connectivity index (χ1v) is 10.1. The lowest BCUT2D eigenvalue weighted by Crippen LogP contribution is -2.26. The number of benzene rings is 4. The van der Waals surface area contributed by atoms with Crippen LogP contribution < -0.4 is 9.47 Å². The van der Waals surface area contributed by atoms with Crippen LogP contribution in [0.25, 0.3) is 21.5 Å². The molecule has 31 heavy (non-hydrogen) atoms. The monoisotopic (exact) mass is 412 g/mol. The van der Waals surface area contributed by atoms with Crippen LogP contribution in [0.15, 0.2) is 72.8 Å². The number of ether oxygens (including phenoxy) is 3. The van der Waals surface area contributed by atoms with Crippen LogP contribution in [-0.4, -0.2) is 18.2 Å². The Hall–Kier alpha value is -3.86. The van der Waals surface area contributed by atoms with Crippen LogP contribution in [0.2, 0.25) is 0 Å². The standard InChI is InChI=1S/C26H20O5/c1-15(27)29-21-13-11-17-7-3-5-9-19(17)23(21)25-24-20-10-6-4-8-18(20)12-14-22(24)31-26(25)30-16(2)28/h3-14,25-26H,1-2H3/t25-,26+/m0/s1. The number of rotatable bonds is 3. The highest BCUT2D eigenvalue weighted by Crippen LogP contribution is 2.50. The number of fused-ring (bicyclic) bond motifs is 4. The molecule has 1 heterocycles. The molecule has 1 aliphatic heterocycles. The van der Waals surface area contributed by atoms with Crippen molar-refractivity contribution in [3.8, 4) is 11.5 Å². The van der Waals surface area contributed by atoms with Crippen LogP contribution in [0.5, 0.6) is 11.5 Å². The van der Waals surface area contributed by atoms with Crippen molar-refractivity contribution in [2.24, 2.45) is 0 Å². The highest BCUT2D eigenvalue weighted by Gasteiger charge is 2.41. The van der Waals surface area contributed by atoms with Gasteiger partial charge in [-0.1, -0.05) is 60.7 Å². The lowest BCUT2D eigenvalue weighted by atomic mass is 9.85. The lowest BCUT2D eigenvalue weighted by Gasteiger charge is -2.23. The van der Waals surface area contributed by atoms with Gasteiger partial charge in [-0.05, 0) is 33.7 Å². The van der Waals surface area contributed by atoms with Crippen LogP contribution in [0, 0.1) is 0 Å². The summed E-state index contributed by atoms with van der Waals surface area (Å²) in [5.41, 5.74) is 1.67. The van der Waals surface area contributed by atoms with Gasteiger partial charge in [0.05, 0.1) is 5.92 Å². The first kappa shape index (κ1) is 19.1. The Bertz CT molecular complexity index is 1340. The van der Waals surface area contributed by atoms with Gasteiger partial charge in [-0.2, -0.15) is 0 Å². The van der Waals surface area contributed by atoms with E-state index in [0.29, 0.717) is 11.5 Å². The molecule has 0 saturated carbocycles. The summed E-state index contributed by atoms with van der Waals surface area (Å²) in [7, 11) is 0. The lowest BCUT2D eigenvalue weighted by molar-refractivity contribution is -0.160. The van der Waals surface area contributed by atoms with Crippen molar-refractivity contribution < 1.29 is 23.8 Å². The predicted octanol–water partition coefficient (Wildman–Crippen LogP) is 5.33. The Morgan fingerprint density at radius 3 is 2.00 bits per heavy atom. The van der Waals surface area contributed by atoms with Crippen LogP contribution in [0.1, 0.15) is 30.9 Å². The fourth-order valence-electron chi connectivity index (χ4n) is 4.40. The minimum atomic E-state index is -0.876. The molecule has 0 spiro atoms. The van der Waals surface area contributed by atoms with Crippen molar-refractivity contribution in [1.29, 1.82) is 0 Å². The summed E-state index contributed by atoms with van der Waals surface area (Å²) in [6, 6.07) is 23.4. The van der Waals surface area contributed by atoms with Gasteiger partial charge in [0, 0.05) is 25.0 Å². The zero-order chi connectivity index (χ0) is 21.5. The fourth-order valence-corrected chi connectivity index (χ4v) is 4.40. The molecule has 1 aliphatic rings. The molecule has 0 aromatic heterocycles. The minimum Gasteiger partial charge on any atom is -0.453 e. The third-order valence-corrected chi connectivity index (χ3v) is 5.53. The van der Waals surface area contributed by atoms with E-state index in [9.17, 15) is 9.59 Å². The normalized spacial score (nSPS) is 17.2. The van der Waals surface area contributed by atoms with E-state index >= 15 is 0 Å². The van der Waals surface area contributed by atoms with E-state index in [1.165, 1.54) is 13.8 Å². The maximum atomic E-state index is 11.9. The molecule has 5 rings (SSSR count). The molecule has 5 nitrogen and oxygen atoms in total. The topological polar surface area (TPSA) is 61.8 Å². The second-order valence-electron chi connectivity index (χ2n) is 7.56. The number of hydrogen-bond acceptors (Lipinski definition) is 5. The average Bonchev–Trinajstić information content (AvgIpc) is 3.10. The van der Waals surface area contributed by atoms with Crippen molar-refractivity contribution in [3.05, 3.63) is 83.9 Å². The molecule has 0 saturated heterocycles. The zero-order valence-corrected chi connectivity index (χ0v) is 17.1. The average molecular weight is 412 g/mol. The van der Waals surface area contributed by atoms with Gasteiger partial charge in [0.25, 0.3) is 6.29 Å². The quantitative estimate of drug-likeness (QED) is 0.336. The van der Waals surface area contributed by atoms with Crippen LogP contribution >= 0.6 is 0 Å². The maximum Gasteiger partial charge on any atom is 0.308 e. The Labute approximate surface area is 179 Å². The largest absolute Gasteiger partial charge is 0.453 e. The van der Waals surface area contributed by atoms with Gasteiger partial charge in [-0.15, -0.1) is 0 Å². The smallest absolute Gasteiger partial charge is 0.308 e. The van der Waals surface area contributed by atoms with Crippen LogP contribution in [-0.2, 0) is 14.3 Å². The van der Waals surface area contributed by atoms with E-state index in [4.69, 9.17) is 14.2 Å². The molecular formula is C26H20O5. The molecular weight excluding hydrogens is 392 g/mol. The first-order valence-electron chi connectivity index (χ1n) is 10.1. The molecule has 154 valence electrons. The first-order chi connectivity index (χ1) is 15.0. The second-order valence-corrected chi connectivity index (χ2v) is 7.56. The summed E-state index contributed by atoms with van der Waals surface area (Å²) in [6.45, 7) is 2.73. The van der Waals surface area contributed by atoms with Crippen molar-refractivity contribution in [2.45, 2.75) is 26.1 Å². The van der Waals surface area contributed by atoms with Gasteiger partial charge in [0.1, 0.15) is 11.5 Å². The Kier molecular flexibility index (Phi) is 4.59. The Morgan fingerprint density at radius 1 is 0.742 bits per heavy atom. The summed E-state index contributed by atoms with van der Waals surface area (Å²) in [4.78, 5) is 23.8. The molecule has 0 N–H and O–H groups in total. The molecule has 4 aromatic carbocycles. The van der Waals surface area contributed by atoms with Gasteiger partial charge in [-0.25, -0.2) is 0 Å². The Morgan fingerprint density at radius 2 is 1.35 bits per heavy atom. The van der Waals surface area contributed by atoms with E-state index in [1.807, 2.05) is 66.7 Å². The summed E-state index contributed by atoms with van der Waals surface area (Å²) in [5, 5.41) is 3.95. The molecule has 0 bridgehead atoms. The summed E-state index contributed by atoms with van der Waals surface area (Å²) < 4.78 is 17.3. The van der Waals surface area contributed by atoms with Gasteiger partial charge >= 0.3 is 11.9 Å². The predicted molar refractivity (Wildman–Crippen MR) is 117 cm³/mol. The molecule has 2 atom stereocenters. The van der Waals surface area contributed by atoms with Crippen LogP contribution in [0.4, 0.5) is 0 Å². The van der Waals surface area contributed by atoms with E-state index < -0.39 is 24.1 Å². The van der Waals surface area contributed by atoms with Crippen molar-refractivity contribution in [2.75, 3.05) is 0 Å². The van der Waals surface area contributed by atoms with E-state index in [1.54, 1.807) is 6.07 Å². The molecule has 0 radical (unpaired) electrons. The molecule has 0 unspecified atom stereocenters. The van der Waals surface area contributed by atoms with Crippen LogP contribution in [0.3, 0.4) is 0 Å². The SMILES string of the molecule is CC(=O)Oc1ccc2ccccc2c1[C@H]1c2c(ccc3ccccc23)O[C@H]1OC(C)=O. The fraction of sp³-hybridized carbons (Fsp3) is 0.154. The molecule has 5 heteroatoms. The summed E-state index contributed by atoms with van der Waals surface area (Å²) >= 11 is 0. The third-order valence-electron chi connectivity index (χ3n) is 5.53. The summed E-state index contributed by atoms with van der Waals surface area (Å²) in [5.74, 6) is -0.251. The molecule has 0 aliphatic carbocycles. The highest BCUT2D eigenvalue weighted by atomic mass is 16.7. The zero-order valence-electron chi connectivity index (χ0n) is 17.1. The van der Waals surface area contributed by atoms with Crippen molar-refractivity contribution >= 4 is 33.5 Å². The molecule has 0 fully saturated rings. The Balaban J connectivity index is 1.84. The highest BCUT2D eigenvalue weighted by molar-refractivity contribution is 5.94. The van der Waals surface area contributed by atoms with E-state index in [-0.39, 0.29) is 0 Å². The molecule has 4 aromatic rings. The van der Waals surface area contributed by atoms with Gasteiger partial charge in [-0.3, -0.25) is 9.59 Å². The van der Waals surface area contributed by atoms with Gasteiger partial charge in [0.15, 0.2) is 0 Å². The minimum absolute atomic E-state index is 0.419. The summed E-state index contributed by atoms with van der Waals surface area (Å²) in [6.07, 6.45) is -0.876. The van der Waals surface area contributed by atoms with Gasteiger partial charge in [0.2, 0.25) is 0 Å². The van der Waals surface area contributed by atoms with E-state index in [0.717, 1.165) is 32.7 Å². The number of carbonyl (C=O) groups excluding carboxylic acids is 2. The van der Waals surface area contributed by atoms with Crippen molar-refractivity contribution in [3.63, 3.8) is 0 Å². The third kappa shape index (κ3) is 3.28. The molecule has 0 amide bonds. The number of carbonyl (C=O) groups is 2.